The van der Waals surface area contributed by atoms with Crippen LogP contribution in [0.5, 0.6) is 0 Å². The van der Waals surface area contributed by atoms with E-state index >= 15 is 0 Å². The molecular weight excluding hydrogens is 527 g/mol. The van der Waals surface area contributed by atoms with Gasteiger partial charge in [-0.3, -0.25) is 4.99 Å². The summed E-state index contributed by atoms with van der Waals surface area (Å²) < 4.78 is 12.0. The number of nitrogens with zero attached hydrogens (tertiary/aromatic N) is 3. The summed E-state index contributed by atoms with van der Waals surface area (Å²) in [7, 11) is 1.88. The average molecular weight is 571 g/mol. The summed E-state index contributed by atoms with van der Waals surface area (Å²) in [5.74, 6) is 1.86. The molecular formula is C26H43IN4O2. The molecule has 0 aliphatic carbocycles. The highest BCUT2D eigenvalue weighted by molar-refractivity contribution is 14.0. The van der Waals surface area contributed by atoms with Gasteiger partial charge in [0, 0.05) is 52.1 Å². The first kappa shape index (κ1) is 26.5. The summed E-state index contributed by atoms with van der Waals surface area (Å²) in [6.07, 6.45) is 8.98. The Bertz CT molecular complexity index is 708. The minimum atomic E-state index is 0. The van der Waals surface area contributed by atoms with Crippen LogP contribution in [0.4, 0.5) is 5.69 Å². The van der Waals surface area contributed by atoms with Crippen LogP contribution in [-0.4, -0.2) is 69.5 Å². The molecule has 3 heterocycles. The maximum absolute atomic E-state index is 6.16. The Hall–Kier alpha value is -1.06. The van der Waals surface area contributed by atoms with Crippen molar-refractivity contribution in [3.8, 4) is 0 Å². The highest BCUT2D eigenvalue weighted by Crippen LogP contribution is 2.23. The quantitative estimate of drug-likeness (QED) is 0.306. The van der Waals surface area contributed by atoms with Crippen molar-refractivity contribution in [1.82, 2.24) is 10.2 Å². The maximum Gasteiger partial charge on any atom is 0.193 e. The minimum absolute atomic E-state index is 0. The van der Waals surface area contributed by atoms with Gasteiger partial charge in [-0.25, -0.2) is 0 Å². The average Bonchev–Trinajstić information content (AvgIpc) is 2.85. The molecule has 0 bridgehead atoms. The van der Waals surface area contributed by atoms with Crippen LogP contribution in [0, 0.1) is 5.92 Å². The molecule has 3 fully saturated rings. The Kier molecular flexibility index (Phi) is 11.0. The molecule has 3 aliphatic rings. The van der Waals surface area contributed by atoms with Crippen molar-refractivity contribution in [2.75, 3.05) is 51.3 Å². The van der Waals surface area contributed by atoms with Crippen LogP contribution in [-0.2, 0) is 16.0 Å². The molecule has 6 nitrogen and oxygen atoms in total. The van der Waals surface area contributed by atoms with E-state index < -0.39 is 0 Å². The van der Waals surface area contributed by atoms with Crippen LogP contribution in [0.3, 0.4) is 0 Å². The summed E-state index contributed by atoms with van der Waals surface area (Å²) in [6, 6.07) is 9.05. The Morgan fingerprint density at radius 2 is 1.76 bits per heavy atom. The van der Waals surface area contributed by atoms with Crippen LogP contribution in [0.1, 0.15) is 57.4 Å². The van der Waals surface area contributed by atoms with Gasteiger partial charge in [0.15, 0.2) is 5.96 Å². The number of hydrogen-bond acceptors (Lipinski definition) is 4. The van der Waals surface area contributed by atoms with E-state index in [9.17, 15) is 0 Å². The topological polar surface area (TPSA) is 49.3 Å². The highest BCUT2D eigenvalue weighted by Gasteiger charge is 2.24. The molecule has 186 valence electrons. The van der Waals surface area contributed by atoms with Crippen LogP contribution >= 0.6 is 24.0 Å². The number of hydrogen-bond donors (Lipinski definition) is 1. The van der Waals surface area contributed by atoms with E-state index in [1.54, 1.807) is 0 Å². The molecule has 0 amide bonds. The fourth-order valence-corrected chi connectivity index (χ4v) is 5.02. The molecule has 1 N–H and O–H groups in total. The van der Waals surface area contributed by atoms with E-state index in [0.29, 0.717) is 12.2 Å². The first-order valence-electron chi connectivity index (χ1n) is 12.7. The van der Waals surface area contributed by atoms with Crippen LogP contribution in [0.25, 0.3) is 0 Å². The normalized spacial score (nSPS) is 23.3. The highest BCUT2D eigenvalue weighted by atomic mass is 127. The van der Waals surface area contributed by atoms with Crippen molar-refractivity contribution in [1.29, 1.82) is 0 Å². The predicted molar refractivity (Wildman–Crippen MR) is 147 cm³/mol. The number of anilines is 1. The third-order valence-electron chi connectivity index (χ3n) is 7.28. The second-order valence-electron chi connectivity index (χ2n) is 9.75. The molecule has 33 heavy (non-hydrogen) atoms. The van der Waals surface area contributed by atoms with Crippen molar-refractivity contribution in [3.63, 3.8) is 0 Å². The smallest absolute Gasteiger partial charge is 0.193 e. The largest absolute Gasteiger partial charge is 0.376 e. The van der Waals surface area contributed by atoms with Crippen LogP contribution < -0.4 is 10.2 Å². The zero-order valence-electron chi connectivity index (χ0n) is 20.5. The monoisotopic (exact) mass is 570 g/mol. The number of guanidine groups is 1. The van der Waals surface area contributed by atoms with Crippen LogP contribution in [0.15, 0.2) is 29.3 Å². The number of aliphatic imine (C=N–C) groups is 1. The summed E-state index contributed by atoms with van der Waals surface area (Å²) in [6.45, 7) is 9.15. The summed E-state index contributed by atoms with van der Waals surface area (Å²) in [5.41, 5.74) is 2.65. The minimum Gasteiger partial charge on any atom is -0.376 e. The van der Waals surface area contributed by atoms with E-state index in [0.717, 1.165) is 64.0 Å². The van der Waals surface area contributed by atoms with E-state index in [-0.39, 0.29) is 24.0 Å². The van der Waals surface area contributed by atoms with Crippen LogP contribution in [0.2, 0.25) is 0 Å². The van der Waals surface area contributed by atoms with Gasteiger partial charge >= 0.3 is 0 Å². The second kappa shape index (κ2) is 13.7. The van der Waals surface area contributed by atoms with Crippen molar-refractivity contribution in [2.45, 2.75) is 70.6 Å². The molecule has 4 rings (SSSR count). The van der Waals surface area contributed by atoms with Gasteiger partial charge in [-0.1, -0.05) is 19.1 Å². The van der Waals surface area contributed by atoms with Gasteiger partial charge in [0.25, 0.3) is 0 Å². The third-order valence-corrected chi connectivity index (χ3v) is 7.28. The number of ether oxygens (including phenoxy) is 2. The van der Waals surface area contributed by atoms with Gasteiger partial charge in [0.1, 0.15) is 0 Å². The number of benzene rings is 1. The van der Waals surface area contributed by atoms with Gasteiger partial charge in [-0.2, -0.15) is 0 Å². The summed E-state index contributed by atoms with van der Waals surface area (Å²) in [4.78, 5) is 9.41. The van der Waals surface area contributed by atoms with Crippen molar-refractivity contribution < 1.29 is 9.47 Å². The van der Waals surface area contributed by atoms with Crippen molar-refractivity contribution >= 4 is 35.6 Å². The van der Waals surface area contributed by atoms with Gasteiger partial charge in [-0.05, 0) is 68.6 Å². The molecule has 0 radical (unpaired) electrons. The van der Waals surface area contributed by atoms with E-state index in [4.69, 9.17) is 9.47 Å². The van der Waals surface area contributed by atoms with E-state index in [1.807, 2.05) is 7.05 Å². The standard InChI is InChI=1S/C26H42N4O2.HI/c1-21-10-14-29(15-11-21)23-8-6-22(7-9-23)19-28-26(27-2)30-16-12-24(13-17-30)32-20-25-5-3-4-18-31-25;/h6-9,21,24-25H,3-5,10-20H2,1-2H3,(H,27,28);1H. The molecule has 1 unspecified atom stereocenters. The van der Waals surface area contributed by atoms with Gasteiger partial charge in [0.2, 0.25) is 0 Å². The van der Waals surface area contributed by atoms with Crippen molar-refractivity contribution in [2.24, 2.45) is 10.9 Å². The SMILES string of the molecule is CN=C(NCc1ccc(N2CCC(C)CC2)cc1)N1CCC(OCC2CCCCO2)CC1.I. The number of nitrogens with one attached hydrogen (secondary N) is 1. The third kappa shape index (κ3) is 7.99. The first-order chi connectivity index (χ1) is 15.7. The molecule has 0 aromatic heterocycles. The zero-order chi connectivity index (χ0) is 22.2. The predicted octanol–water partition coefficient (Wildman–Crippen LogP) is 4.67. The lowest BCUT2D eigenvalue weighted by Gasteiger charge is -2.35. The number of halogens is 1. The Morgan fingerprint density at radius 3 is 2.39 bits per heavy atom. The molecule has 1 aromatic rings. The van der Waals surface area contributed by atoms with E-state index in [2.05, 4.69) is 51.3 Å². The molecule has 3 saturated heterocycles. The molecule has 3 aliphatic heterocycles. The molecule has 1 atom stereocenters. The molecule has 7 heteroatoms. The second-order valence-corrected chi connectivity index (χ2v) is 9.75. The van der Waals surface area contributed by atoms with Crippen molar-refractivity contribution in [3.05, 3.63) is 29.8 Å². The Balaban J connectivity index is 0.00000306. The molecule has 0 spiro atoms. The van der Waals surface area contributed by atoms with Gasteiger partial charge < -0.3 is 24.6 Å². The first-order valence-corrected chi connectivity index (χ1v) is 12.7. The fourth-order valence-electron chi connectivity index (χ4n) is 5.02. The molecule has 1 aromatic carbocycles. The Labute approximate surface area is 217 Å². The van der Waals surface area contributed by atoms with E-state index in [1.165, 1.54) is 50.0 Å². The lowest BCUT2D eigenvalue weighted by Crippen LogP contribution is -2.47. The lowest BCUT2D eigenvalue weighted by molar-refractivity contribution is -0.0721. The summed E-state index contributed by atoms with van der Waals surface area (Å²) in [5, 5.41) is 3.56. The number of likely N-dealkylation sites (tertiary alicyclic amines) is 1. The van der Waals surface area contributed by atoms with Gasteiger partial charge in [0.05, 0.1) is 18.8 Å². The van der Waals surface area contributed by atoms with Gasteiger partial charge in [-0.15, -0.1) is 24.0 Å². The maximum atomic E-state index is 6.16. The number of rotatable bonds is 6. The number of piperidine rings is 2. The zero-order valence-corrected chi connectivity index (χ0v) is 22.8. The Morgan fingerprint density at radius 1 is 1.03 bits per heavy atom. The molecule has 0 saturated carbocycles. The summed E-state index contributed by atoms with van der Waals surface area (Å²) >= 11 is 0. The lowest BCUT2D eigenvalue weighted by atomic mass is 9.99. The fraction of sp³-hybridized carbons (Fsp3) is 0.731.